The van der Waals surface area contributed by atoms with Gasteiger partial charge in [0.1, 0.15) is 0 Å². The number of hydrogen-bond acceptors (Lipinski definition) is 2. The van der Waals surface area contributed by atoms with Crippen LogP contribution in [0.4, 0.5) is 0 Å². The van der Waals surface area contributed by atoms with E-state index in [0.29, 0.717) is 0 Å². The SMILES string of the molecule is CCNCC1CCN(C2CCCC(C)C2C)C1. The van der Waals surface area contributed by atoms with Gasteiger partial charge in [-0.3, -0.25) is 4.90 Å². The maximum absolute atomic E-state index is 3.51. The van der Waals surface area contributed by atoms with Crippen molar-refractivity contribution in [2.75, 3.05) is 26.2 Å². The minimum atomic E-state index is 0.880. The first-order valence-electron chi connectivity index (χ1n) is 7.67. The van der Waals surface area contributed by atoms with Crippen LogP contribution in [0, 0.1) is 17.8 Å². The zero-order valence-electron chi connectivity index (χ0n) is 11.9. The molecule has 1 aliphatic heterocycles. The molecule has 17 heavy (non-hydrogen) atoms. The molecule has 0 aromatic rings. The highest BCUT2D eigenvalue weighted by Gasteiger charge is 2.34. The van der Waals surface area contributed by atoms with Gasteiger partial charge in [-0.1, -0.05) is 33.6 Å². The second-order valence-electron chi connectivity index (χ2n) is 6.29. The normalized spacial score (nSPS) is 39.7. The van der Waals surface area contributed by atoms with Crippen LogP contribution < -0.4 is 5.32 Å². The molecule has 2 rings (SSSR count). The van der Waals surface area contributed by atoms with Crippen molar-refractivity contribution < 1.29 is 0 Å². The van der Waals surface area contributed by atoms with E-state index >= 15 is 0 Å². The Hall–Kier alpha value is -0.0800. The fourth-order valence-corrected chi connectivity index (χ4v) is 3.75. The van der Waals surface area contributed by atoms with Gasteiger partial charge >= 0.3 is 0 Å². The van der Waals surface area contributed by atoms with E-state index in [9.17, 15) is 0 Å². The minimum absolute atomic E-state index is 0.880. The number of hydrogen-bond donors (Lipinski definition) is 1. The van der Waals surface area contributed by atoms with Gasteiger partial charge in [0.05, 0.1) is 0 Å². The van der Waals surface area contributed by atoms with Crippen LogP contribution in [-0.2, 0) is 0 Å². The summed E-state index contributed by atoms with van der Waals surface area (Å²) in [7, 11) is 0. The average Bonchev–Trinajstić information content (AvgIpc) is 2.78. The molecule has 4 unspecified atom stereocenters. The smallest absolute Gasteiger partial charge is 0.0123 e. The van der Waals surface area contributed by atoms with E-state index in [2.05, 4.69) is 31.0 Å². The first kappa shape index (κ1) is 13.4. The van der Waals surface area contributed by atoms with Gasteiger partial charge < -0.3 is 5.32 Å². The summed E-state index contributed by atoms with van der Waals surface area (Å²) in [4.78, 5) is 2.79. The Morgan fingerprint density at radius 1 is 1.18 bits per heavy atom. The molecule has 1 aliphatic carbocycles. The summed E-state index contributed by atoms with van der Waals surface area (Å²) in [5.41, 5.74) is 0. The van der Waals surface area contributed by atoms with Crippen molar-refractivity contribution in [1.82, 2.24) is 10.2 Å². The first-order valence-corrected chi connectivity index (χ1v) is 7.67. The predicted octanol–water partition coefficient (Wildman–Crippen LogP) is 2.74. The first-order chi connectivity index (χ1) is 8.22. The summed E-state index contributed by atoms with van der Waals surface area (Å²) in [5, 5.41) is 3.51. The molecule has 0 aromatic carbocycles. The third kappa shape index (κ3) is 3.23. The monoisotopic (exact) mass is 238 g/mol. The Morgan fingerprint density at radius 3 is 2.76 bits per heavy atom. The molecule has 2 aliphatic rings. The van der Waals surface area contributed by atoms with Crippen LogP contribution >= 0.6 is 0 Å². The number of nitrogens with one attached hydrogen (secondary N) is 1. The molecular formula is C15H30N2. The molecule has 100 valence electrons. The van der Waals surface area contributed by atoms with Crippen LogP contribution in [0.5, 0.6) is 0 Å². The second-order valence-corrected chi connectivity index (χ2v) is 6.29. The third-order valence-corrected chi connectivity index (χ3v) is 5.13. The maximum Gasteiger partial charge on any atom is 0.0123 e. The lowest BCUT2D eigenvalue weighted by atomic mass is 9.77. The van der Waals surface area contributed by atoms with Crippen LogP contribution in [-0.4, -0.2) is 37.1 Å². The van der Waals surface area contributed by atoms with E-state index in [1.54, 1.807) is 0 Å². The van der Waals surface area contributed by atoms with Gasteiger partial charge in [-0.05, 0) is 50.2 Å². The zero-order chi connectivity index (χ0) is 12.3. The van der Waals surface area contributed by atoms with Crippen LogP contribution in [0.15, 0.2) is 0 Å². The van der Waals surface area contributed by atoms with Gasteiger partial charge in [-0.25, -0.2) is 0 Å². The highest BCUT2D eigenvalue weighted by atomic mass is 15.2. The lowest BCUT2D eigenvalue weighted by molar-refractivity contribution is 0.0982. The molecule has 1 saturated heterocycles. The molecule has 0 bridgehead atoms. The van der Waals surface area contributed by atoms with Gasteiger partial charge in [0, 0.05) is 12.6 Å². The molecule has 0 radical (unpaired) electrons. The van der Waals surface area contributed by atoms with Crippen LogP contribution in [0.3, 0.4) is 0 Å². The summed E-state index contributed by atoms with van der Waals surface area (Å²) in [6.45, 7) is 12.2. The number of likely N-dealkylation sites (tertiary alicyclic amines) is 1. The van der Waals surface area contributed by atoms with E-state index in [-0.39, 0.29) is 0 Å². The average molecular weight is 238 g/mol. The molecule has 1 heterocycles. The zero-order valence-corrected chi connectivity index (χ0v) is 11.9. The largest absolute Gasteiger partial charge is 0.317 e. The van der Waals surface area contributed by atoms with E-state index in [0.717, 1.165) is 30.3 Å². The summed E-state index contributed by atoms with van der Waals surface area (Å²) in [5.74, 6) is 2.74. The predicted molar refractivity (Wildman–Crippen MR) is 74.2 cm³/mol. The topological polar surface area (TPSA) is 15.3 Å². The molecule has 1 N–H and O–H groups in total. The lowest BCUT2D eigenvalue weighted by Crippen LogP contribution is -2.43. The van der Waals surface area contributed by atoms with Gasteiger partial charge in [-0.15, -0.1) is 0 Å². The molecule has 2 nitrogen and oxygen atoms in total. The Kier molecular flexibility index (Phi) is 4.87. The fourth-order valence-electron chi connectivity index (χ4n) is 3.75. The summed E-state index contributed by atoms with van der Waals surface area (Å²) >= 11 is 0. The van der Waals surface area contributed by atoms with E-state index in [4.69, 9.17) is 0 Å². The minimum Gasteiger partial charge on any atom is -0.317 e. The van der Waals surface area contributed by atoms with Crippen molar-refractivity contribution >= 4 is 0 Å². The Labute approximate surface area is 107 Å². The van der Waals surface area contributed by atoms with Crippen LogP contribution in [0.2, 0.25) is 0 Å². The molecule has 1 saturated carbocycles. The number of rotatable bonds is 4. The molecular weight excluding hydrogens is 208 g/mol. The Morgan fingerprint density at radius 2 is 2.00 bits per heavy atom. The quantitative estimate of drug-likeness (QED) is 0.810. The molecule has 4 atom stereocenters. The fraction of sp³-hybridized carbons (Fsp3) is 1.00. The standard InChI is InChI=1S/C15H30N2/c1-4-16-10-14-8-9-17(11-14)15-7-5-6-12(2)13(15)3/h12-16H,4-11H2,1-3H3. The van der Waals surface area contributed by atoms with E-state index in [1.165, 1.54) is 45.3 Å². The van der Waals surface area contributed by atoms with E-state index in [1.807, 2.05) is 0 Å². The summed E-state index contributed by atoms with van der Waals surface area (Å²) in [6.07, 6.45) is 5.75. The van der Waals surface area contributed by atoms with Gasteiger partial charge in [-0.2, -0.15) is 0 Å². The van der Waals surface area contributed by atoms with Crippen molar-refractivity contribution in [2.45, 2.75) is 52.5 Å². The van der Waals surface area contributed by atoms with E-state index < -0.39 is 0 Å². The summed E-state index contributed by atoms with van der Waals surface area (Å²) in [6, 6.07) is 0.880. The molecule has 0 aromatic heterocycles. The molecule has 0 spiro atoms. The van der Waals surface area contributed by atoms with Crippen molar-refractivity contribution in [3.63, 3.8) is 0 Å². The summed E-state index contributed by atoms with van der Waals surface area (Å²) < 4.78 is 0. The molecule has 2 heteroatoms. The highest BCUT2D eigenvalue weighted by molar-refractivity contribution is 4.89. The van der Waals surface area contributed by atoms with Crippen molar-refractivity contribution in [2.24, 2.45) is 17.8 Å². The lowest BCUT2D eigenvalue weighted by Gasteiger charge is -2.40. The Balaban J connectivity index is 1.82. The Bertz CT molecular complexity index is 229. The van der Waals surface area contributed by atoms with Gasteiger partial charge in [0.25, 0.3) is 0 Å². The third-order valence-electron chi connectivity index (χ3n) is 5.13. The van der Waals surface area contributed by atoms with Crippen LogP contribution in [0.1, 0.15) is 46.5 Å². The van der Waals surface area contributed by atoms with Gasteiger partial charge in [0.2, 0.25) is 0 Å². The van der Waals surface area contributed by atoms with Crippen molar-refractivity contribution in [1.29, 1.82) is 0 Å². The van der Waals surface area contributed by atoms with Crippen molar-refractivity contribution in [3.05, 3.63) is 0 Å². The highest BCUT2D eigenvalue weighted by Crippen LogP contribution is 2.35. The molecule has 2 fully saturated rings. The van der Waals surface area contributed by atoms with Crippen LogP contribution in [0.25, 0.3) is 0 Å². The van der Waals surface area contributed by atoms with Crippen molar-refractivity contribution in [3.8, 4) is 0 Å². The number of nitrogens with zero attached hydrogens (tertiary/aromatic N) is 1. The molecule has 0 amide bonds. The second kappa shape index (κ2) is 6.19. The van der Waals surface area contributed by atoms with Gasteiger partial charge in [0.15, 0.2) is 0 Å². The maximum atomic E-state index is 3.51.